The van der Waals surface area contributed by atoms with Crippen LogP contribution in [0, 0.1) is 0 Å². The van der Waals surface area contributed by atoms with Crippen LogP contribution in [-0.4, -0.2) is 43.4 Å². The topological polar surface area (TPSA) is 63.4 Å². The smallest absolute Gasteiger partial charge is 0.255 e. The van der Waals surface area contributed by atoms with Gasteiger partial charge in [-0.2, -0.15) is 4.52 Å². The molecule has 3 heterocycles. The fourth-order valence-electron chi connectivity index (χ4n) is 3.93. The first kappa shape index (κ1) is 15.7. The summed E-state index contributed by atoms with van der Waals surface area (Å²) in [6, 6.07) is 14.4. The van der Waals surface area contributed by atoms with E-state index in [1.807, 2.05) is 17.0 Å². The van der Waals surface area contributed by atoms with Crippen LogP contribution in [0.4, 0.5) is 0 Å². The number of carbonyl (C=O) groups excluding carboxylic acids is 1. The molecular weight excluding hydrogens is 314 g/mol. The zero-order chi connectivity index (χ0) is 17.2. The van der Waals surface area contributed by atoms with Crippen LogP contribution in [0.3, 0.4) is 0 Å². The molecule has 1 fully saturated rings. The Kier molecular flexibility index (Phi) is 4.17. The number of aromatic nitrogens is 4. The van der Waals surface area contributed by atoms with Crippen molar-refractivity contribution in [3.63, 3.8) is 0 Å². The molecule has 1 amide bonds. The molecule has 0 aliphatic carbocycles. The first-order valence-corrected chi connectivity index (χ1v) is 8.81. The van der Waals surface area contributed by atoms with Crippen molar-refractivity contribution in [2.24, 2.45) is 0 Å². The number of hydrogen-bond acceptors (Lipinski definition) is 4. The molecule has 0 radical (unpaired) electrons. The summed E-state index contributed by atoms with van der Waals surface area (Å²) in [5, 5.41) is 11.4. The Morgan fingerprint density at radius 3 is 2.88 bits per heavy atom. The Morgan fingerprint density at radius 1 is 1.24 bits per heavy atom. The zero-order valence-electron chi connectivity index (χ0n) is 14.2. The van der Waals surface area contributed by atoms with E-state index < -0.39 is 0 Å². The molecule has 25 heavy (non-hydrogen) atoms. The second-order valence-electron chi connectivity index (χ2n) is 6.53. The van der Waals surface area contributed by atoms with Gasteiger partial charge in [-0.3, -0.25) is 4.79 Å². The lowest BCUT2D eigenvalue weighted by Crippen LogP contribution is -2.39. The molecule has 0 saturated carbocycles. The highest BCUT2D eigenvalue weighted by Crippen LogP contribution is 2.34. The number of benzene rings is 1. The summed E-state index contributed by atoms with van der Waals surface area (Å²) < 4.78 is 1.55. The van der Waals surface area contributed by atoms with Gasteiger partial charge in [0.15, 0.2) is 5.65 Å². The minimum Gasteiger partial charge on any atom is -0.335 e. The maximum Gasteiger partial charge on any atom is 0.255 e. The molecule has 3 aromatic rings. The van der Waals surface area contributed by atoms with Crippen LogP contribution in [0.1, 0.15) is 48.0 Å². The number of fused-ring (bicyclic) bond motifs is 1. The van der Waals surface area contributed by atoms with Crippen LogP contribution in [0.15, 0.2) is 48.7 Å². The SMILES string of the molecule is CC[C@H](c1ccccc1)[C@H]1CCCN1C(=O)c1ccc2nnnn2c1. The zero-order valence-corrected chi connectivity index (χ0v) is 14.2. The first-order chi connectivity index (χ1) is 12.3. The summed E-state index contributed by atoms with van der Waals surface area (Å²) in [6.45, 7) is 3.01. The number of tetrazole rings is 1. The van der Waals surface area contributed by atoms with Crippen LogP contribution < -0.4 is 0 Å². The Labute approximate surface area is 146 Å². The molecule has 6 heteroatoms. The summed E-state index contributed by atoms with van der Waals surface area (Å²) >= 11 is 0. The van der Waals surface area contributed by atoms with E-state index in [1.165, 1.54) is 5.56 Å². The summed E-state index contributed by atoms with van der Waals surface area (Å²) in [7, 11) is 0. The fraction of sp³-hybridized carbons (Fsp3) is 0.368. The van der Waals surface area contributed by atoms with Gasteiger partial charge in [0.25, 0.3) is 5.91 Å². The van der Waals surface area contributed by atoms with Crippen molar-refractivity contribution in [1.29, 1.82) is 0 Å². The van der Waals surface area contributed by atoms with E-state index in [2.05, 4.69) is 46.7 Å². The van der Waals surface area contributed by atoms with Gasteiger partial charge in [0.1, 0.15) is 0 Å². The number of nitrogens with zero attached hydrogens (tertiary/aromatic N) is 5. The monoisotopic (exact) mass is 335 g/mol. The lowest BCUT2D eigenvalue weighted by Gasteiger charge is -2.31. The molecule has 1 aliphatic rings. The third-order valence-electron chi connectivity index (χ3n) is 5.13. The highest BCUT2D eigenvalue weighted by molar-refractivity contribution is 5.94. The minimum absolute atomic E-state index is 0.0641. The van der Waals surface area contributed by atoms with Crippen molar-refractivity contribution in [3.05, 3.63) is 59.8 Å². The molecule has 1 saturated heterocycles. The molecule has 6 nitrogen and oxygen atoms in total. The standard InChI is InChI=1S/C19H21N5O/c1-2-16(14-7-4-3-5-8-14)17-9-6-12-23(17)19(25)15-10-11-18-20-21-22-24(18)13-15/h3-5,7-8,10-11,13,16-17H,2,6,9,12H2,1H3/t16-,17-/m1/s1. The van der Waals surface area contributed by atoms with Crippen molar-refractivity contribution in [1.82, 2.24) is 24.9 Å². The van der Waals surface area contributed by atoms with Crippen molar-refractivity contribution in [2.75, 3.05) is 6.54 Å². The molecule has 0 N–H and O–H groups in total. The van der Waals surface area contributed by atoms with Gasteiger partial charge in [0.05, 0.1) is 5.56 Å². The number of likely N-dealkylation sites (tertiary alicyclic amines) is 1. The van der Waals surface area contributed by atoms with Crippen molar-refractivity contribution in [2.45, 2.75) is 38.1 Å². The van der Waals surface area contributed by atoms with E-state index in [9.17, 15) is 4.79 Å². The molecular formula is C19H21N5O. The number of pyridine rings is 1. The van der Waals surface area contributed by atoms with Gasteiger partial charge in [0, 0.05) is 24.7 Å². The van der Waals surface area contributed by atoms with E-state index in [0.29, 0.717) is 17.1 Å². The maximum atomic E-state index is 13.1. The summed E-state index contributed by atoms with van der Waals surface area (Å²) in [5.74, 6) is 0.429. The lowest BCUT2D eigenvalue weighted by atomic mass is 9.87. The first-order valence-electron chi connectivity index (χ1n) is 8.81. The van der Waals surface area contributed by atoms with E-state index >= 15 is 0 Å². The molecule has 2 atom stereocenters. The average molecular weight is 335 g/mol. The van der Waals surface area contributed by atoms with Crippen molar-refractivity contribution >= 4 is 11.6 Å². The van der Waals surface area contributed by atoms with Gasteiger partial charge < -0.3 is 4.90 Å². The third kappa shape index (κ3) is 2.88. The maximum absolute atomic E-state index is 13.1. The Balaban J connectivity index is 1.62. The summed E-state index contributed by atoms with van der Waals surface area (Å²) in [6.07, 6.45) is 4.83. The van der Waals surface area contributed by atoms with Crippen molar-refractivity contribution < 1.29 is 4.79 Å². The molecule has 0 bridgehead atoms. The molecule has 0 unspecified atom stereocenters. The van der Waals surface area contributed by atoms with Crippen LogP contribution in [0.2, 0.25) is 0 Å². The largest absolute Gasteiger partial charge is 0.335 e. The van der Waals surface area contributed by atoms with Crippen LogP contribution in [0.25, 0.3) is 5.65 Å². The average Bonchev–Trinajstić information content (AvgIpc) is 3.31. The predicted octanol–water partition coefficient (Wildman–Crippen LogP) is 2.92. The van der Waals surface area contributed by atoms with Crippen LogP contribution in [0.5, 0.6) is 0 Å². The van der Waals surface area contributed by atoms with E-state index in [4.69, 9.17) is 0 Å². The number of rotatable bonds is 4. The van der Waals surface area contributed by atoms with Crippen LogP contribution >= 0.6 is 0 Å². The van der Waals surface area contributed by atoms with Gasteiger partial charge in [-0.05, 0) is 47.4 Å². The van der Waals surface area contributed by atoms with E-state index in [0.717, 1.165) is 25.8 Å². The molecule has 1 aliphatic heterocycles. The van der Waals surface area contributed by atoms with E-state index in [-0.39, 0.29) is 11.9 Å². The number of hydrogen-bond donors (Lipinski definition) is 0. The molecule has 1 aromatic carbocycles. The van der Waals surface area contributed by atoms with Gasteiger partial charge in [-0.1, -0.05) is 37.3 Å². The predicted molar refractivity (Wildman–Crippen MR) is 94.3 cm³/mol. The van der Waals surface area contributed by atoms with Crippen LogP contribution in [-0.2, 0) is 0 Å². The normalized spacial score (nSPS) is 18.6. The molecule has 0 spiro atoms. The number of amides is 1. The number of carbonyl (C=O) groups is 1. The highest BCUT2D eigenvalue weighted by atomic mass is 16.2. The van der Waals surface area contributed by atoms with Gasteiger partial charge >= 0.3 is 0 Å². The third-order valence-corrected chi connectivity index (χ3v) is 5.13. The molecule has 4 rings (SSSR count). The van der Waals surface area contributed by atoms with Gasteiger partial charge in [0.2, 0.25) is 0 Å². The van der Waals surface area contributed by atoms with Gasteiger partial charge in [-0.25, -0.2) is 0 Å². The Hall–Kier alpha value is -2.76. The van der Waals surface area contributed by atoms with E-state index in [1.54, 1.807) is 16.8 Å². The lowest BCUT2D eigenvalue weighted by molar-refractivity contribution is 0.0714. The molecule has 128 valence electrons. The van der Waals surface area contributed by atoms with Crippen molar-refractivity contribution in [3.8, 4) is 0 Å². The summed E-state index contributed by atoms with van der Waals surface area (Å²) in [5.41, 5.74) is 2.59. The second kappa shape index (κ2) is 6.63. The second-order valence-corrected chi connectivity index (χ2v) is 6.53. The molecule has 2 aromatic heterocycles. The van der Waals surface area contributed by atoms with Gasteiger partial charge in [-0.15, -0.1) is 5.10 Å². The summed E-state index contributed by atoms with van der Waals surface area (Å²) in [4.78, 5) is 15.2. The highest BCUT2D eigenvalue weighted by Gasteiger charge is 2.35. The minimum atomic E-state index is 0.0641. The fourth-order valence-corrected chi connectivity index (χ4v) is 3.93. The Bertz CT molecular complexity index is 876. The Morgan fingerprint density at radius 2 is 2.08 bits per heavy atom. The quantitative estimate of drug-likeness (QED) is 0.735.